The third kappa shape index (κ3) is 4.33. The van der Waals surface area contributed by atoms with Crippen molar-refractivity contribution in [2.75, 3.05) is 0 Å². The van der Waals surface area contributed by atoms with Crippen LogP contribution in [-0.4, -0.2) is 6.04 Å². The second-order valence-corrected chi connectivity index (χ2v) is 4.30. The van der Waals surface area contributed by atoms with Crippen molar-refractivity contribution in [2.45, 2.75) is 32.4 Å². The Kier molecular flexibility index (Phi) is 5.50. The van der Waals surface area contributed by atoms with E-state index in [1.807, 2.05) is 6.08 Å². The Bertz CT molecular complexity index is 352. The molecule has 0 aromatic heterocycles. The lowest BCUT2D eigenvalue weighted by molar-refractivity contribution is 0.517. The van der Waals surface area contributed by atoms with E-state index in [1.165, 1.54) is 6.07 Å². The van der Waals surface area contributed by atoms with Crippen molar-refractivity contribution in [3.05, 3.63) is 47.3 Å². The van der Waals surface area contributed by atoms with Crippen LogP contribution in [0.2, 0.25) is 5.02 Å². The van der Waals surface area contributed by atoms with Crippen molar-refractivity contribution in [1.29, 1.82) is 0 Å². The topological polar surface area (TPSA) is 12.0 Å². The molecule has 0 spiro atoms. The molecule has 0 aliphatic rings. The molecule has 1 unspecified atom stereocenters. The fourth-order valence-corrected chi connectivity index (χ4v) is 1.61. The van der Waals surface area contributed by atoms with Crippen LogP contribution in [0.1, 0.15) is 25.3 Å². The highest BCUT2D eigenvalue weighted by Gasteiger charge is 2.03. The van der Waals surface area contributed by atoms with Gasteiger partial charge in [-0.25, -0.2) is 4.39 Å². The molecule has 88 valence electrons. The molecule has 0 heterocycles. The molecule has 0 amide bonds. The molecule has 16 heavy (non-hydrogen) atoms. The fourth-order valence-electron chi connectivity index (χ4n) is 1.41. The van der Waals surface area contributed by atoms with Crippen LogP contribution in [0.15, 0.2) is 30.9 Å². The van der Waals surface area contributed by atoms with E-state index >= 15 is 0 Å². The quantitative estimate of drug-likeness (QED) is 0.745. The maximum Gasteiger partial charge on any atom is 0.141 e. The maximum atomic E-state index is 12.9. The Morgan fingerprint density at radius 2 is 2.31 bits per heavy atom. The molecule has 0 radical (unpaired) electrons. The minimum absolute atomic E-state index is 0.179. The lowest BCUT2D eigenvalue weighted by Crippen LogP contribution is -2.25. The summed E-state index contributed by atoms with van der Waals surface area (Å²) in [4.78, 5) is 0. The molecule has 1 atom stereocenters. The molecule has 1 N–H and O–H groups in total. The summed E-state index contributed by atoms with van der Waals surface area (Å²) in [7, 11) is 0. The number of hydrogen-bond donors (Lipinski definition) is 1. The number of nitrogens with one attached hydrogen (secondary N) is 1. The van der Waals surface area contributed by atoms with Crippen LogP contribution in [0.4, 0.5) is 4.39 Å². The van der Waals surface area contributed by atoms with Gasteiger partial charge in [-0.2, -0.15) is 0 Å². The van der Waals surface area contributed by atoms with Crippen molar-refractivity contribution in [3.63, 3.8) is 0 Å². The van der Waals surface area contributed by atoms with Crippen LogP contribution in [0.5, 0.6) is 0 Å². The molecule has 1 rings (SSSR count). The molecule has 0 saturated heterocycles. The summed E-state index contributed by atoms with van der Waals surface area (Å²) >= 11 is 5.70. The normalized spacial score (nSPS) is 12.4. The molecular weight excluding hydrogens is 225 g/mol. The van der Waals surface area contributed by atoms with Crippen LogP contribution in [0.3, 0.4) is 0 Å². The van der Waals surface area contributed by atoms with Crippen LogP contribution in [0.25, 0.3) is 0 Å². The molecule has 0 aliphatic heterocycles. The number of hydrogen-bond acceptors (Lipinski definition) is 1. The lowest BCUT2D eigenvalue weighted by Gasteiger charge is -2.12. The third-order valence-corrected chi connectivity index (χ3v) is 2.73. The van der Waals surface area contributed by atoms with E-state index in [4.69, 9.17) is 11.6 Å². The van der Waals surface area contributed by atoms with Gasteiger partial charge in [-0.05, 0) is 37.5 Å². The van der Waals surface area contributed by atoms with Gasteiger partial charge in [0.05, 0.1) is 5.02 Å². The molecule has 1 aromatic rings. The third-order valence-electron chi connectivity index (χ3n) is 2.44. The minimum atomic E-state index is -0.370. The molecule has 0 saturated carbocycles. The predicted octanol–water partition coefficient (Wildman–Crippen LogP) is 3.92. The van der Waals surface area contributed by atoms with E-state index in [2.05, 4.69) is 18.8 Å². The van der Waals surface area contributed by atoms with E-state index < -0.39 is 0 Å². The highest BCUT2D eigenvalue weighted by Crippen LogP contribution is 2.16. The number of rotatable bonds is 6. The second-order valence-electron chi connectivity index (χ2n) is 3.90. The molecule has 1 aromatic carbocycles. The summed E-state index contributed by atoms with van der Waals surface area (Å²) < 4.78 is 12.9. The van der Waals surface area contributed by atoms with Crippen molar-refractivity contribution >= 4 is 11.6 Å². The van der Waals surface area contributed by atoms with Gasteiger partial charge in [0.2, 0.25) is 0 Å². The van der Waals surface area contributed by atoms with E-state index in [0.29, 0.717) is 12.6 Å². The van der Waals surface area contributed by atoms with Gasteiger partial charge in [0.15, 0.2) is 0 Å². The van der Waals surface area contributed by atoms with Gasteiger partial charge < -0.3 is 5.32 Å². The Morgan fingerprint density at radius 3 is 2.94 bits per heavy atom. The smallest absolute Gasteiger partial charge is 0.141 e. The summed E-state index contributed by atoms with van der Waals surface area (Å²) in [5.41, 5.74) is 0.997. The Morgan fingerprint density at radius 1 is 1.56 bits per heavy atom. The monoisotopic (exact) mass is 241 g/mol. The standard InChI is InChI=1S/C13H17ClFN/c1-3-4-5-10(2)16-9-11-6-7-13(15)12(14)8-11/h3,6-8,10,16H,1,4-5,9H2,2H3. The zero-order valence-electron chi connectivity index (χ0n) is 9.47. The highest BCUT2D eigenvalue weighted by atomic mass is 35.5. The molecular formula is C13H17ClFN. The molecule has 0 aliphatic carbocycles. The Balaban J connectivity index is 2.42. The SMILES string of the molecule is C=CCCC(C)NCc1ccc(F)c(Cl)c1. The number of halogens is 2. The largest absolute Gasteiger partial charge is 0.310 e. The summed E-state index contributed by atoms with van der Waals surface area (Å²) in [6.07, 6.45) is 3.96. The summed E-state index contributed by atoms with van der Waals surface area (Å²) in [6.45, 7) is 6.51. The summed E-state index contributed by atoms with van der Waals surface area (Å²) in [5, 5.41) is 3.53. The van der Waals surface area contributed by atoms with E-state index in [-0.39, 0.29) is 10.8 Å². The summed E-state index contributed by atoms with van der Waals surface area (Å²) in [6, 6.07) is 5.22. The van der Waals surface area contributed by atoms with Crippen molar-refractivity contribution in [3.8, 4) is 0 Å². The number of allylic oxidation sites excluding steroid dienone is 1. The molecule has 3 heteroatoms. The van der Waals surface area contributed by atoms with E-state index in [9.17, 15) is 4.39 Å². The first-order chi connectivity index (χ1) is 7.63. The molecule has 0 fully saturated rings. The van der Waals surface area contributed by atoms with Crippen molar-refractivity contribution in [2.24, 2.45) is 0 Å². The Hall–Kier alpha value is -0.860. The van der Waals surface area contributed by atoms with Crippen LogP contribution < -0.4 is 5.32 Å². The van der Waals surface area contributed by atoms with Gasteiger partial charge in [-0.15, -0.1) is 6.58 Å². The maximum absolute atomic E-state index is 12.9. The average Bonchev–Trinajstić information content (AvgIpc) is 2.28. The number of benzene rings is 1. The van der Waals surface area contributed by atoms with Gasteiger partial charge in [-0.3, -0.25) is 0 Å². The second kappa shape index (κ2) is 6.66. The van der Waals surface area contributed by atoms with Crippen LogP contribution in [-0.2, 0) is 6.54 Å². The Labute approximate surface area is 101 Å². The van der Waals surface area contributed by atoms with Gasteiger partial charge in [0, 0.05) is 12.6 Å². The van der Waals surface area contributed by atoms with Gasteiger partial charge >= 0.3 is 0 Å². The zero-order chi connectivity index (χ0) is 12.0. The highest BCUT2D eigenvalue weighted by molar-refractivity contribution is 6.30. The van der Waals surface area contributed by atoms with E-state index in [0.717, 1.165) is 18.4 Å². The fraction of sp³-hybridized carbons (Fsp3) is 0.385. The first-order valence-corrected chi connectivity index (χ1v) is 5.79. The minimum Gasteiger partial charge on any atom is -0.310 e. The zero-order valence-corrected chi connectivity index (χ0v) is 10.2. The first kappa shape index (κ1) is 13.2. The van der Waals surface area contributed by atoms with Gasteiger partial charge in [0.1, 0.15) is 5.82 Å². The predicted molar refractivity (Wildman–Crippen MR) is 67.1 cm³/mol. The molecule has 0 bridgehead atoms. The van der Waals surface area contributed by atoms with Gasteiger partial charge in [-0.1, -0.05) is 23.7 Å². The van der Waals surface area contributed by atoms with Crippen LogP contribution in [0, 0.1) is 5.82 Å². The van der Waals surface area contributed by atoms with Crippen LogP contribution >= 0.6 is 11.6 Å². The van der Waals surface area contributed by atoms with Crippen molar-refractivity contribution < 1.29 is 4.39 Å². The average molecular weight is 242 g/mol. The molecule has 1 nitrogen and oxygen atoms in total. The lowest BCUT2D eigenvalue weighted by atomic mass is 10.1. The first-order valence-electron chi connectivity index (χ1n) is 5.41. The van der Waals surface area contributed by atoms with Crippen molar-refractivity contribution in [1.82, 2.24) is 5.32 Å². The van der Waals surface area contributed by atoms with Gasteiger partial charge in [0.25, 0.3) is 0 Å². The summed E-state index contributed by atoms with van der Waals surface area (Å²) in [5.74, 6) is -0.370. The van der Waals surface area contributed by atoms with E-state index in [1.54, 1.807) is 12.1 Å².